The van der Waals surface area contributed by atoms with E-state index >= 15 is 0 Å². The van der Waals surface area contributed by atoms with Gasteiger partial charge in [0.2, 0.25) is 5.91 Å². The highest BCUT2D eigenvalue weighted by Crippen LogP contribution is 2.21. The number of nitrogens with one attached hydrogen (secondary N) is 1. The van der Waals surface area contributed by atoms with Crippen molar-refractivity contribution in [1.29, 1.82) is 0 Å². The number of carbonyl (C=O) groups is 1. The molecule has 1 rings (SSSR count). The fraction of sp³-hybridized carbons (Fsp3) is 0.364. The van der Waals surface area contributed by atoms with Crippen LogP contribution in [0.3, 0.4) is 0 Å². The molecular weight excluding hydrogens is 238 g/mol. The molecule has 7 nitrogen and oxygen atoms in total. The first-order chi connectivity index (χ1) is 8.50. The third-order valence-electron chi connectivity index (χ3n) is 2.21. The molecule has 0 heterocycles. The Balaban J connectivity index is 2.42. The molecule has 0 spiro atoms. The predicted molar refractivity (Wildman–Crippen MR) is 66.3 cm³/mol. The molecular formula is C11H15N3O4. The fourth-order valence-corrected chi connectivity index (χ4v) is 1.41. The number of nitrogens with zero attached hydrogens (tertiary/aromatic N) is 1. The van der Waals surface area contributed by atoms with Crippen LogP contribution in [0.2, 0.25) is 0 Å². The lowest BCUT2D eigenvalue weighted by Gasteiger charge is -2.07. The minimum atomic E-state index is -0.513. The van der Waals surface area contributed by atoms with Gasteiger partial charge in [0.1, 0.15) is 6.61 Å². The van der Waals surface area contributed by atoms with E-state index in [0.29, 0.717) is 18.7 Å². The van der Waals surface area contributed by atoms with Crippen LogP contribution in [0.1, 0.15) is 5.56 Å². The molecule has 0 unspecified atom stereocenters. The van der Waals surface area contributed by atoms with Crippen LogP contribution >= 0.6 is 0 Å². The number of nitro groups is 1. The number of benzene rings is 1. The zero-order chi connectivity index (χ0) is 13.5. The van der Waals surface area contributed by atoms with Gasteiger partial charge in [-0.05, 0) is 19.1 Å². The summed E-state index contributed by atoms with van der Waals surface area (Å²) in [6.45, 7) is 2.39. The fourth-order valence-electron chi connectivity index (χ4n) is 1.41. The number of ether oxygens (including phenoxy) is 1. The lowest BCUT2D eigenvalue weighted by Crippen LogP contribution is -2.20. The summed E-state index contributed by atoms with van der Waals surface area (Å²) in [5.41, 5.74) is 6.34. The van der Waals surface area contributed by atoms with Crippen LogP contribution in [-0.4, -0.2) is 30.6 Å². The zero-order valence-electron chi connectivity index (χ0n) is 10.0. The Labute approximate surface area is 104 Å². The maximum absolute atomic E-state index is 10.6. The van der Waals surface area contributed by atoms with Crippen LogP contribution in [0.15, 0.2) is 18.2 Å². The van der Waals surface area contributed by atoms with E-state index in [-0.39, 0.29) is 12.3 Å². The van der Waals surface area contributed by atoms with Crippen molar-refractivity contribution in [2.45, 2.75) is 6.92 Å². The standard InChI is InChI=1S/C11H15N3O4/c1-8-6-9(2-3-10(8)14(16)17)13-4-5-18-7-11(12)15/h2-3,6,13H,4-5,7H2,1H3,(H2,12,15). The number of aryl methyl sites for hydroxylation is 1. The van der Waals surface area contributed by atoms with Crippen LogP contribution in [0.25, 0.3) is 0 Å². The molecule has 0 saturated carbocycles. The molecule has 1 aromatic rings. The SMILES string of the molecule is Cc1cc(NCCOCC(N)=O)ccc1[N+](=O)[O-]. The molecule has 1 amide bonds. The summed E-state index contributed by atoms with van der Waals surface area (Å²) < 4.78 is 4.96. The second-order valence-corrected chi connectivity index (χ2v) is 3.70. The van der Waals surface area contributed by atoms with E-state index in [2.05, 4.69) is 5.32 Å². The van der Waals surface area contributed by atoms with Crippen LogP contribution in [0.4, 0.5) is 11.4 Å². The van der Waals surface area contributed by atoms with Crippen LogP contribution < -0.4 is 11.1 Å². The van der Waals surface area contributed by atoms with Crippen molar-refractivity contribution in [1.82, 2.24) is 0 Å². The average Bonchev–Trinajstić information content (AvgIpc) is 2.27. The first-order valence-corrected chi connectivity index (χ1v) is 5.35. The molecule has 0 aliphatic rings. The number of amides is 1. The number of nitrogens with two attached hydrogens (primary N) is 1. The van der Waals surface area contributed by atoms with Crippen LogP contribution in [0.5, 0.6) is 0 Å². The van der Waals surface area contributed by atoms with E-state index in [4.69, 9.17) is 10.5 Å². The van der Waals surface area contributed by atoms with Crippen molar-refractivity contribution in [2.24, 2.45) is 5.73 Å². The topological polar surface area (TPSA) is 107 Å². The monoisotopic (exact) mass is 253 g/mol. The van der Waals surface area contributed by atoms with E-state index < -0.39 is 10.8 Å². The van der Waals surface area contributed by atoms with E-state index in [9.17, 15) is 14.9 Å². The highest BCUT2D eigenvalue weighted by Gasteiger charge is 2.09. The van der Waals surface area contributed by atoms with Crippen molar-refractivity contribution in [2.75, 3.05) is 25.1 Å². The van der Waals surface area contributed by atoms with E-state index in [1.807, 2.05) is 0 Å². The predicted octanol–water partition coefficient (Wildman–Crippen LogP) is 0.817. The van der Waals surface area contributed by atoms with Crippen molar-refractivity contribution in [3.8, 4) is 0 Å². The van der Waals surface area contributed by atoms with Gasteiger partial charge in [0, 0.05) is 23.9 Å². The number of hydrogen-bond acceptors (Lipinski definition) is 5. The highest BCUT2D eigenvalue weighted by molar-refractivity contribution is 5.74. The van der Waals surface area contributed by atoms with Gasteiger partial charge in [0.15, 0.2) is 0 Å². The summed E-state index contributed by atoms with van der Waals surface area (Å²) in [7, 11) is 0. The van der Waals surface area contributed by atoms with Gasteiger partial charge in [0.25, 0.3) is 5.69 Å². The number of nitro benzene ring substituents is 1. The molecule has 0 bridgehead atoms. The zero-order valence-corrected chi connectivity index (χ0v) is 10.0. The van der Waals surface area contributed by atoms with Crippen molar-refractivity contribution < 1.29 is 14.5 Å². The molecule has 0 saturated heterocycles. The summed E-state index contributed by atoms with van der Waals surface area (Å²) in [4.78, 5) is 20.6. The van der Waals surface area contributed by atoms with Crippen molar-refractivity contribution in [3.05, 3.63) is 33.9 Å². The molecule has 3 N–H and O–H groups in total. The first kappa shape index (κ1) is 13.9. The number of anilines is 1. The van der Waals surface area contributed by atoms with Crippen LogP contribution in [-0.2, 0) is 9.53 Å². The lowest BCUT2D eigenvalue weighted by atomic mass is 10.2. The normalized spacial score (nSPS) is 10.1. The quantitative estimate of drug-likeness (QED) is 0.425. The summed E-state index contributed by atoms with van der Waals surface area (Å²) in [5, 5.41) is 13.6. The van der Waals surface area contributed by atoms with Gasteiger partial charge in [-0.1, -0.05) is 0 Å². The Hall–Kier alpha value is -2.15. The largest absolute Gasteiger partial charge is 0.383 e. The Bertz CT molecular complexity index is 448. The average molecular weight is 253 g/mol. The maximum Gasteiger partial charge on any atom is 0.272 e. The minimum absolute atomic E-state index is 0.0885. The van der Waals surface area contributed by atoms with Gasteiger partial charge >= 0.3 is 0 Å². The second kappa shape index (κ2) is 6.55. The van der Waals surface area contributed by atoms with Gasteiger partial charge in [0.05, 0.1) is 11.5 Å². The molecule has 18 heavy (non-hydrogen) atoms. The van der Waals surface area contributed by atoms with Gasteiger partial charge in [-0.25, -0.2) is 0 Å². The minimum Gasteiger partial charge on any atom is -0.383 e. The summed E-state index contributed by atoms with van der Waals surface area (Å²) in [5.74, 6) is -0.513. The molecule has 0 aromatic heterocycles. The summed E-state index contributed by atoms with van der Waals surface area (Å²) in [6, 6.07) is 4.76. The number of carbonyl (C=O) groups excluding carboxylic acids is 1. The van der Waals surface area contributed by atoms with Gasteiger partial charge in [-0.3, -0.25) is 14.9 Å². The lowest BCUT2D eigenvalue weighted by molar-refractivity contribution is -0.385. The third kappa shape index (κ3) is 4.38. The second-order valence-electron chi connectivity index (χ2n) is 3.70. The van der Waals surface area contributed by atoms with Crippen molar-refractivity contribution >= 4 is 17.3 Å². The van der Waals surface area contributed by atoms with E-state index in [1.165, 1.54) is 6.07 Å². The molecule has 0 aliphatic heterocycles. The van der Waals surface area contributed by atoms with E-state index in [0.717, 1.165) is 5.69 Å². The molecule has 0 aliphatic carbocycles. The third-order valence-corrected chi connectivity index (χ3v) is 2.21. The molecule has 1 aromatic carbocycles. The molecule has 7 heteroatoms. The smallest absolute Gasteiger partial charge is 0.272 e. The molecule has 0 atom stereocenters. The Morgan fingerprint density at radius 2 is 2.28 bits per heavy atom. The van der Waals surface area contributed by atoms with Gasteiger partial charge < -0.3 is 15.8 Å². The number of primary amides is 1. The Morgan fingerprint density at radius 3 is 2.83 bits per heavy atom. The number of hydrogen-bond donors (Lipinski definition) is 2. The van der Waals surface area contributed by atoms with E-state index in [1.54, 1.807) is 19.1 Å². The Kier molecular flexibility index (Phi) is 5.06. The number of rotatable bonds is 7. The first-order valence-electron chi connectivity index (χ1n) is 5.35. The summed E-state index contributed by atoms with van der Waals surface area (Å²) >= 11 is 0. The molecule has 98 valence electrons. The van der Waals surface area contributed by atoms with Crippen molar-refractivity contribution in [3.63, 3.8) is 0 Å². The molecule has 0 radical (unpaired) electrons. The van der Waals surface area contributed by atoms with Crippen LogP contribution in [0, 0.1) is 17.0 Å². The molecule has 0 fully saturated rings. The maximum atomic E-state index is 10.6. The van der Waals surface area contributed by atoms with Gasteiger partial charge in [-0.15, -0.1) is 0 Å². The Morgan fingerprint density at radius 1 is 1.56 bits per heavy atom. The summed E-state index contributed by atoms with van der Waals surface area (Å²) in [6.07, 6.45) is 0. The highest BCUT2D eigenvalue weighted by atomic mass is 16.6. The van der Waals surface area contributed by atoms with Gasteiger partial charge in [-0.2, -0.15) is 0 Å².